The van der Waals surface area contributed by atoms with Gasteiger partial charge in [0.1, 0.15) is 5.69 Å². The van der Waals surface area contributed by atoms with Crippen LogP contribution in [0.4, 0.5) is 0 Å². The SMILES string of the molecule is Cc1ccc(-c2cc3ccccn3c2C(=O)C(=O)N2CCN(C(c3ccccc3)c3ccccc3)CC2)cc1. The van der Waals surface area contributed by atoms with E-state index >= 15 is 0 Å². The van der Waals surface area contributed by atoms with Crippen LogP contribution in [0.5, 0.6) is 0 Å². The Kier molecular flexibility index (Phi) is 6.82. The van der Waals surface area contributed by atoms with Crippen LogP contribution in [0.2, 0.25) is 0 Å². The first kappa shape index (κ1) is 24.8. The van der Waals surface area contributed by atoms with E-state index in [4.69, 9.17) is 0 Å². The smallest absolute Gasteiger partial charge is 0.296 e. The molecule has 0 unspecified atom stereocenters. The van der Waals surface area contributed by atoms with Crippen LogP contribution in [0, 0.1) is 6.92 Å². The summed E-state index contributed by atoms with van der Waals surface area (Å²) in [7, 11) is 0. The summed E-state index contributed by atoms with van der Waals surface area (Å²) in [6.45, 7) is 4.42. The van der Waals surface area contributed by atoms with Crippen LogP contribution in [0.3, 0.4) is 0 Å². The van der Waals surface area contributed by atoms with Gasteiger partial charge in [-0.05, 0) is 41.8 Å². The van der Waals surface area contributed by atoms with E-state index in [9.17, 15) is 9.59 Å². The molecule has 5 heteroatoms. The van der Waals surface area contributed by atoms with Gasteiger partial charge in [0.15, 0.2) is 0 Å². The zero-order valence-corrected chi connectivity index (χ0v) is 22.0. The molecule has 3 aromatic carbocycles. The minimum absolute atomic E-state index is 0.100. The van der Waals surface area contributed by atoms with Gasteiger partial charge in [0.2, 0.25) is 0 Å². The highest BCUT2D eigenvalue weighted by atomic mass is 16.2. The topological polar surface area (TPSA) is 45.0 Å². The lowest BCUT2D eigenvalue weighted by atomic mass is 9.96. The summed E-state index contributed by atoms with van der Waals surface area (Å²) in [4.78, 5) is 31.6. The molecule has 1 aliphatic rings. The molecule has 0 atom stereocenters. The maximum atomic E-state index is 13.8. The highest BCUT2D eigenvalue weighted by molar-refractivity contribution is 6.43. The summed E-state index contributed by atoms with van der Waals surface area (Å²) in [5, 5.41) is 0. The molecule has 0 spiro atoms. The number of carbonyl (C=O) groups excluding carboxylic acids is 2. The van der Waals surface area contributed by atoms with Gasteiger partial charge in [-0.25, -0.2) is 0 Å². The number of hydrogen-bond acceptors (Lipinski definition) is 3. The van der Waals surface area contributed by atoms with Crippen molar-refractivity contribution in [2.24, 2.45) is 0 Å². The van der Waals surface area contributed by atoms with Crippen LogP contribution in [-0.4, -0.2) is 52.1 Å². The minimum Gasteiger partial charge on any atom is -0.333 e. The third-order valence-corrected chi connectivity index (χ3v) is 7.65. The van der Waals surface area contributed by atoms with Crippen LogP contribution < -0.4 is 0 Å². The fourth-order valence-electron chi connectivity index (χ4n) is 5.62. The average molecular weight is 514 g/mol. The molecule has 1 amide bonds. The van der Waals surface area contributed by atoms with Gasteiger partial charge in [-0.2, -0.15) is 0 Å². The van der Waals surface area contributed by atoms with Crippen LogP contribution in [0.25, 0.3) is 16.6 Å². The zero-order chi connectivity index (χ0) is 26.8. The summed E-state index contributed by atoms with van der Waals surface area (Å²) < 4.78 is 1.84. The van der Waals surface area contributed by atoms with Gasteiger partial charge in [-0.3, -0.25) is 14.5 Å². The number of hydrogen-bond donors (Lipinski definition) is 0. The predicted molar refractivity (Wildman–Crippen MR) is 155 cm³/mol. The molecule has 0 aliphatic carbocycles. The molecule has 3 heterocycles. The van der Waals surface area contributed by atoms with Gasteiger partial charge in [0.05, 0.1) is 6.04 Å². The maximum absolute atomic E-state index is 13.8. The number of ketones is 1. The van der Waals surface area contributed by atoms with E-state index < -0.39 is 11.7 Å². The molecule has 5 aromatic rings. The van der Waals surface area contributed by atoms with Crippen molar-refractivity contribution in [2.75, 3.05) is 26.2 Å². The number of nitrogens with zero attached hydrogens (tertiary/aromatic N) is 3. The van der Waals surface area contributed by atoms with Gasteiger partial charge in [-0.15, -0.1) is 0 Å². The molecule has 0 saturated carbocycles. The van der Waals surface area contributed by atoms with Crippen molar-refractivity contribution in [1.82, 2.24) is 14.2 Å². The second kappa shape index (κ2) is 10.7. The van der Waals surface area contributed by atoms with Crippen LogP contribution in [0.15, 0.2) is 115 Å². The Morgan fingerprint density at radius 1 is 0.692 bits per heavy atom. The molecule has 0 N–H and O–H groups in total. The summed E-state index contributed by atoms with van der Waals surface area (Å²) in [5.74, 6) is -0.907. The fourth-order valence-corrected chi connectivity index (χ4v) is 5.62. The first-order chi connectivity index (χ1) is 19.1. The highest BCUT2D eigenvalue weighted by Crippen LogP contribution is 2.31. The Balaban J connectivity index is 1.25. The van der Waals surface area contributed by atoms with Gasteiger partial charge >= 0.3 is 0 Å². The molecule has 0 bridgehead atoms. The molecule has 1 fully saturated rings. The first-order valence-corrected chi connectivity index (χ1v) is 13.4. The van der Waals surface area contributed by atoms with E-state index in [1.807, 2.05) is 78.2 Å². The molecule has 194 valence electrons. The lowest BCUT2D eigenvalue weighted by Crippen LogP contribution is -2.51. The Morgan fingerprint density at radius 2 is 1.28 bits per heavy atom. The van der Waals surface area contributed by atoms with Crippen molar-refractivity contribution in [2.45, 2.75) is 13.0 Å². The first-order valence-electron chi connectivity index (χ1n) is 13.4. The number of amides is 1. The Labute approximate surface area is 228 Å². The molecule has 0 radical (unpaired) electrons. The lowest BCUT2D eigenvalue weighted by Gasteiger charge is -2.39. The number of aryl methyl sites for hydroxylation is 1. The third kappa shape index (κ3) is 4.89. The van der Waals surface area contributed by atoms with Crippen LogP contribution in [0.1, 0.15) is 33.2 Å². The summed E-state index contributed by atoms with van der Waals surface area (Å²) >= 11 is 0. The highest BCUT2D eigenvalue weighted by Gasteiger charge is 2.33. The Bertz CT molecular complexity index is 1560. The quantitative estimate of drug-likeness (QED) is 0.206. The molecule has 1 saturated heterocycles. The van der Waals surface area contributed by atoms with Crippen molar-refractivity contribution in [3.8, 4) is 11.1 Å². The van der Waals surface area contributed by atoms with Gasteiger partial charge in [0, 0.05) is 43.5 Å². The minimum atomic E-state index is -0.465. The van der Waals surface area contributed by atoms with Crippen molar-refractivity contribution < 1.29 is 9.59 Å². The Morgan fingerprint density at radius 3 is 1.90 bits per heavy atom. The largest absolute Gasteiger partial charge is 0.333 e. The number of benzene rings is 3. The summed E-state index contributed by atoms with van der Waals surface area (Å²) in [5.41, 5.74) is 6.62. The monoisotopic (exact) mass is 513 g/mol. The summed E-state index contributed by atoms with van der Waals surface area (Å²) in [6, 6.07) is 36.9. The van der Waals surface area contributed by atoms with E-state index in [0.29, 0.717) is 31.9 Å². The fraction of sp³-hybridized carbons (Fsp3) is 0.176. The average Bonchev–Trinajstić information content (AvgIpc) is 3.38. The van der Waals surface area contributed by atoms with E-state index in [1.165, 1.54) is 11.1 Å². The number of pyridine rings is 1. The molecular formula is C34H31N3O2. The van der Waals surface area contributed by atoms with Crippen LogP contribution >= 0.6 is 0 Å². The number of Topliss-reactive ketones (excluding diaryl/α,β-unsaturated/α-hetero) is 1. The predicted octanol–water partition coefficient (Wildman–Crippen LogP) is 6.03. The van der Waals surface area contributed by atoms with Crippen molar-refractivity contribution in [3.05, 3.63) is 138 Å². The normalized spacial score (nSPS) is 14.2. The molecule has 6 rings (SSSR count). The van der Waals surface area contributed by atoms with Gasteiger partial charge in [0.25, 0.3) is 11.7 Å². The van der Waals surface area contributed by atoms with Crippen molar-refractivity contribution >= 4 is 17.2 Å². The molecule has 5 nitrogen and oxygen atoms in total. The number of carbonyl (C=O) groups is 2. The van der Waals surface area contributed by atoms with Crippen molar-refractivity contribution in [1.29, 1.82) is 0 Å². The summed E-state index contributed by atoms with van der Waals surface area (Å²) in [6.07, 6.45) is 1.86. The second-order valence-electron chi connectivity index (χ2n) is 10.1. The van der Waals surface area contributed by atoms with Gasteiger partial charge < -0.3 is 9.30 Å². The second-order valence-corrected chi connectivity index (χ2v) is 10.1. The van der Waals surface area contributed by atoms with E-state index in [1.54, 1.807) is 4.90 Å². The van der Waals surface area contributed by atoms with E-state index in [2.05, 4.69) is 53.4 Å². The third-order valence-electron chi connectivity index (χ3n) is 7.65. The molecule has 39 heavy (non-hydrogen) atoms. The number of piperazine rings is 1. The van der Waals surface area contributed by atoms with Crippen LogP contribution in [-0.2, 0) is 4.79 Å². The maximum Gasteiger partial charge on any atom is 0.296 e. The van der Waals surface area contributed by atoms with Gasteiger partial charge in [-0.1, -0.05) is 96.6 Å². The van der Waals surface area contributed by atoms with E-state index in [-0.39, 0.29) is 6.04 Å². The van der Waals surface area contributed by atoms with Crippen molar-refractivity contribution in [3.63, 3.8) is 0 Å². The lowest BCUT2D eigenvalue weighted by molar-refractivity contribution is -0.128. The molecule has 1 aliphatic heterocycles. The van der Waals surface area contributed by atoms with E-state index in [0.717, 1.165) is 22.2 Å². The number of rotatable bonds is 6. The number of aromatic nitrogens is 1. The standard InChI is InChI=1S/C34H31N3O2/c1-25-15-17-26(18-16-25)30-24-29-14-8-9-19-37(29)32(30)33(38)34(39)36-22-20-35(21-23-36)31(27-10-4-2-5-11-27)28-12-6-3-7-13-28/h2-19,24,31H,20-23H2,1H3. The Hall–Kier alpha value is -4.48. The molecular weight excluding hydrogens is 482 g/mol. The zero-order valence-electron chi connectivity index (χ0n) is 22.0. The molecule has 2 aromatic heterocycles. The number of fused-ring (bicyclic) bond motifs is 1.